The Balaban J connectivity index is 2.46. The van der Waals surface area contributed by atoms with Gasteiger partial charge in [-0.25, -0.2) is 12.7 Å². The molecule has 0 bridgehead atoms. The van der Waals surface area contributed by atoms with E-state index in [9.17, 15) is 8.42 Å². The van der Waals surface area contributed by atoms with Gasteiger partial charge in [-0.2, -0.15) is 0 Å². The van der Waals surface area contributed by atoms with E-state index in [0.717, 1.165) is 12.8 Å². The fourth-order valence-corrected chi connectivity index (χ4v) is 3.33. The molecule has 1 fully saturated rings. The van der Waals surface area contributed by atoms with Gasteiger partial charge in [0.25, 0.3) is 0 Å². The number of likely N-dealkylation sites (N-methyl/N-ethyl adjacent to an activating group) is 1. The standard InChI is InChI=1S/C11H24N2O3S/c1-10(2)16-7-8-17(14,15)13-6-4-5-11(9-13)12-3/h10-12H,4-9H2,1-3H3. The molecule has 1 atom stereocenters. The minimum atomic E-state index is -3.15. The van der Waals surface area contributed by atoms with Gasteiger partial charge in [-0.3, -0.25) is 0 Å². The Morgan fingerprint density at radius 3 is 2.76 bits per heavy atom. The maximum Gasteiger partial charge on any atom is 0.216 e. The van der Waals surface area contributed by atoms with Crippen LogP contribution < -0.4 is 5.32 Å². The van der Waals surface area contributed by atoms with E-state index < -0.39 is 10.0 Å². The molecule has 0 aromatic carbocycles. The predicted octanol–water partition coefficient (Wildman–Crippen LogP) is 0.425. The lowest BCUT2D eigenvalue weighted by atomic mass is 10.1. The van der Waals surface area contributed by atoms with Crippen LogP contribution in [-0.2, 0) is 14.8 Å². The molecule has 6 heteroatoms. The Morgan fingerprint density at radius 2 is 2.18 bits per heavy atom. The molecule has 17 heavy (non-hydrogen) atoms. The molecule has 5 nitrogen and oxygen atoms in total. The number of nitrogens with one attached hydrogen (secondary N) is 1. The molecule has 0 aromatic heterocycles. The van der Waals surface area contributed by atoms with Crippen LogP contribution in [0.4, 0.5) is 0 Å². The maximum atomic E-state index is 12.0. The molecule has 0 spiro atoms. The van der Waals surface area contributed by atoms with E-state index in [4.69, 9.17) is 4.74 Å². The van der Waals surface area contributed by atoms with Crippen molar-refractivity contribution in [1.29, 1.82) is 0 Å². The molecular formula is C11H24N2O3S. The zero-order valence-electron chi connectivity index (χ0n) is 11.0. The van der Waals surface area contributed by atoms with Crippen LogP contribution in [0.3, 0.4) is 0 Å². The van der Waals surface area contributed by atoms with Crippen molar-refractivity contribution in [3.05, 3.63) is 0 Å². The summed E-state index contributed by atoms with van der Waals surface area (Å²) in [7, 11) is -1.28. The quantitative estimate of drug-likeness (QED) is 0.755. The molecule has 1 aliphatic rings. The first kappa shape index (κ1) is 14.9. The molecule has 0 aliphatic carbocycles. The van der Waals surface area contributed by atoms with Gasteiger partial charge in [-0.1, -0.05) is 0 Å². The molecule has 0 radical (unpaired) electrons. The Bertz CT molecular complexity index is 317. The highest BCUT2D eigenvalue weighted by atomic mass is 32.2. The highest BCUT2D eigenvalue weighted by Gasteiger charge is 2.27. The number of nitrogens with zero attached hydrogens (tertiary/aromatic N) is 1. The molecule has 1 heterocycles. The van der Waals surface area contributed by atoms with Crippen molar-refractivity contribution < 1.29 is 13.2 Å². The second kappa shape index (κ2) is 6.68. The van der Waals surface area contributed by atoms with Gasteiger partial charge in [0.15, 0.2) is 0 Å². The third-order valence-electron chi connectivity index (χ3n) is 2.98. The molecule has 1 aliphatic heterocycles. The van der Waals surface area contributed by atoms with E-state index in [1.54, 1.807) is 4.31 Å². The summed E-state index contributed by atoms with van der Waals surface area (Å²) < 4.78 is 31.0. The van der Waals surface area contributed by atoms with Crippen molar-refractivity contribution in [2.75, 3.05) is 32.5 Å². The van der Waals surface area contributed by atoms with Crippen molar-refractivity contribution in [2.24, 2.45) is 0 Å². The number of sulfonamides is 1. The summed E-state index contributed by atoms with van der Waals surface area (Å²) in [6, 6.07) is 0.282. The zero-order valence-corrected chi connectivity index (χ0v) is 11.8. The minimum absolute atomic E-state index is 0.0802. The highest BCUT2D eigenvalue weighted by molar-refractivity contribution is 7.89. The first-order valence-corrected chi connectivity index (χ1v) is 7.83. The summed E-state index contributed by atoms with van der Waals surface area (Å²) in [6.45, 7) is 5.32. The van der Waals surface area contributed by atoms with Crippen LogP contribution in [0.1, 0.15) is 26.7 Å². The minimum Gasteiger partial charge on any atom is -0.378 e. The van der Waals surface area contributed by atoms with Gasteiger partial charge >= 0.3 is 0 Å². The average Bonchev–Trinajstić information content (AvgIpc) is 2.28. The monoisotopic (exact) mass is 264 g/mol. The number of rotatable bonds is 6. The summed E-state index contributed by atoms with van der Waals surface area (Å²) in [5, 5.41) is 3.14. The Kier molecular flexibility index (Phi) is 5.85. The summed E-state index contributed by atoms with van der Waals surface area (Å²) in [5.41, 5.74) is 0. The van der Waals surface area contributed by atoms with Crippen molar-refractivity contribution in [1.82, 2.24) is 9.62 Å². The fourth-order valence-electron chi connectivity index (χ4n) is 1.95. The van der Waals surface area contributed by atoms with E-state index in [1.165, 1.54) is 0 Å². The highest BCUT2D eigenvalue weighted by Crippen LogP contribution is 2.14. The second-order valence-corrected chi connectivity index (χ2v) is 6.81. The lowest BCUT2D eigenvalue weighted by Gasteiger charge is -2.31. The molecule has 0 saturated carbocycles. The van der Waals surface area contributed by atoms with E-state index >= 15 is 0 Å². The molecule has 0 aromatic rings. The van der Waals surface area contributed by atoms with Crippen molar-refractivity contribution >= 4 is 10.0 Å². The van der Waals surface area contributed by atoms with Crippen LogP contribution in [0.25, 0.3) is 0 Å². The van der Waals surface area contributed by atoms with Gasteiger partial charge in [0, 0.05) is 19.1 Å². The first-order chi connectivity index (χ1) is 7.95. The zero-order chi connectivity index (χ0) is 12.9. The predicted molar refractivity (Wildman–Crippen MR) is 68.5 cm³/mol. The molecule has 1 rings (SSSR count). The van der Waals surface area contributed by atoms with Gasteiger partial charge in [0.1, 0.15) is 0 Å². The Hall–Kier alpha value is -0.170. The molecule has 1 saturated heterocycles. The summed E-state index contributed by atoms with van der Waals surface area (Å²) >= 11 is 0. The molecule has 1 unspecified atom stereocenters. The lowest BCUT2D eigenvalue weighted by Crippen LogP contribution is -2.48. The van der Waals surface area contributed by atoms with Crippen LogP contribution in [-0.4, -0.2) is 57.4 Å². The SMILES string of the molecule is CNC1CCCN(S(=O)(=O)CCOC(C)C)C1. The van der Waals surface area contributed by atoms with Crippen molar-refractivity contribution in [3.8, 4) is 0 Å². The van der Waals surface area contributed by atoms with Crippen molar-refractivity contribution in [3.63, 3.8) is 0 Å². The number of ether oxygens (including phenoxy) is 1. The third-order valence-corrected chi connectivity index (χ3v) is 4.78. The molecule has 1 N–H and O–H groups in total. The topological polar surface area (TPSA) is 58.6 Å². The van der Waals surface area contributed by atoms with E-state index in [1.807, 2.05) is 20.9 Å². The van der Waals surface area contributed by atoms with Crippen molar-refractivity contribution in [2.45, 2.75) is 38.8 Å². The number of piperidine rings is 1. The largest absolute Gasteiger partial charge is 0.378 e. The van der Waals surface area contributed by atoms with Crippen LogP contribution >= 0.6 is 0 Å². The number of hydrogen-bond donors (Lipinski definition) is 1. The van der Waals surface area contributed by atoms with Crippen LogP contribution in [0.5, 0.6) is 0 Å². The normalized spacial score (nSPS) is 23.2. The lowest BCUT2D eigenvalue weighted by molar-refractivity contribution is 0.0905. The molecular weight excluding hydrogens is 240 g/mol. The molecule has 102 valence electrons. The molecule has 0 amide bonds. The summed E-state index contributed by atoms with van der Waals surface area (Å²) in [4.78, 5) is 0. The van der Waals surface area contributed by atoms with Gasteiger partial charge in [-0.15, -0.1) is 0 Å². The summed E-state index contributed by atoms with van der Waals surface area (Å²) in [6.07, 6.45) is 2.05. The maximum absolute atomic E-state index is 12.0. The van der Waals surface area contributed by atoms with E-state index in [-0.39, 0.29) is 24.5 Å². The van der Waals surface area contributed by atoms with Crippen LogP contribution in [0, 0.1) is 0 Å². The fraction of sp³-hybridized carbons (Fsp3) is 1.00. The van der Waals surface area contributed by atoms with Crippen LogP contribution in [0.2, 0.25) is 0 Å². The summed E-state index contributed by atoms with van der Waals surface area (Å²) in [5.74, 6) is 0.0849. The second-order valence-electron chi connectivity index (χ2n) is 4.72. The number of hydrogen-bond acceptors (Lipinski definition) is 4. The van der Waals surface area contributed by atoms with Gasteiger partial charge in [0.05, 0.1) is 18.5 Å². The average molecular weight is 264 g/mol. The Morgan fingerprint density at radius 1 is 1.47 bits per heavy atom. The van der Waals surface area contributed by atoms with E-state index in [0.29, 0.717) is 13.1 Å². The smallest absolute Gasteiger partial charge is 0.216 e. The van der Waals surface area contributed by atoms with E-state index in [2.05, 4.69) is 5.32 Å². The first-order valence-electron chi connectivity index (χ1n) is 6.22. The van der Waals surface area contributed by atoms with Gasteiger partial charge < -0.3 is 10.1 Å². The van der Waals surface area contributed by atoms with Gasteiger partial charge in [-0.05, 0) is 33.7 Å². The van der Waals surface area contributed by atoms with Gasteiger partial charge in [0.2, 0.25) is 10.0 Å². The Labute approximate surface area is 105 Å². The van der Waals surface area contributed by atoms with Crippen LogP contribution in [0.15, 0.2) is 0 Å². The third kappa shape index (κ3) is 4.91.